The van der Waals surface area contributed by atoms with E-state index in [-0.39, 0.29) is 45.9 Å². The Bertz CT molecular complexity index is 1010. The minimum atomic E-state index is -3.76. The van der Waals surface area contributed by atoms with Crippen LogP contribution in [0.4, 0.5) is 0 Å². The minimum Gasteiger partial charge on any atom is -0.354 e. The van der Waals surface area contributed by atoms with Gasteiger partial charge in [0.05, 0.1) is 16.1 Å². The highest BCUT2D eigenvalue weighted by atomic mass is 35.5. The molecule has 1 aliphatic heterocycles. The van der Waals surface area contributed by atoms with Gasteiger partial charge in [0.2, 0.25) is 15.9 Å². The minimum absolute atomic E-state index is 0.00116. The van der Waals surface area contributed by atoms with Crippen LogP contribution in [0.1, 0.15) is 24.4 Å². The van der Waals surface area contributed by atoms with Crippen LogP contribution in [0.2, 0.25) is 10.0 Å². The van der Waals surface area contributed by atoms with E-state index in [1.807, 2.05) is 44.4 Å². The molecular weight excluding hydrogens is 457 g/mol. The van der Waals surface area contributed by atoms with Crippen molar-refractivity contribution in [1.29, 1.82) is 0 Å². The number of rotatable bonds is 7. The fourth-order valence-corrected chi connectivity index (χ4v) is 6.00. The number of hydrogen-bond acceptors (Lipinski definition) is 4. The Hall–Kier alpha value is -1.64. The topological polar surface area (TPSA) is 69.7 Å². The number of nitrogens with one attached hydrogen (secondary N) is 1. The number of carbonyl (C=O) groups is 1. The molecule has 3 rings (SSSR count). The summed E-state index contributed by atoms with van der Waals surface area (Å²) in [6, 6.07) is 14.6. The van der Waals surface area contributed by atoms with Crippen molar-refractivity contribution >= 4 is 39.1 Å². The van der Waals surface area contributed by atoms with Crippen LogP contribution in [-0.4, -0.2) is 57.3 Å². The molecule has 0 aliphatic carbocycles. The highest BCUT2D eigenvalue weighted by Crippen LogP contribution is 2.32. The lowest BCUT2D eigenvalue weighted by Crippen LogP contribution is -2.44. The number of amides is 1. The van der Waals surface area contributed by atoms with Gasteiger partial charge in [-0.05, 0) is 44.6 Å². The zero-order valence-corrected chi connectivity index (χ0v) is 19.9. The first kappa shape index (κ1) is 24.0. The van der Waals surface area contributed by atoms with Gasteiger partial charge < -0.3 is 10.2 Å². The van der Waals surface area contributed by atoms with Crippen molar-refractivity contribution in [3.05, 3.63) is 64.1 Å². The lowest BCUT2D eigenvalue weighted by atomic mass is 9.97. The second-order valence-corrected chi connectivity index (χ2v) is 10.6. The molecule has 1 heterocycles. The SMILES string of the molecule is CN(C)[C@H](CNC(=O)C1CCN(S(=O)(=O)c2cccc(Cl)c2Cl)CC1)c1ccccc1. The fraction of sp³-hybridized carbons (Fsp3) is 0.409. The molecule has 0 aromatic heterocycles. The first-order valence-electron chi connectivity index (χ1n) is 10.1. The summed E-state index contributed by atoms with van der Waals surface area (Å²) < 4.78 is 27.3. The van der Waals surface area contributed by atoms with Crippen molar-refractivity contribution in [2.75, 3.05) is 33.7 Å². The summed E-state index contributed by atoms with van der Waals surface area (Å²) in [6.07, 6.45) is 0.919. The van der Waals surface area contributed by atoms with E-state index in [1.165, 1.54) is 10.4 Å². The number of nitrogens with zero attached hydrogens (tertiary/aromatic N) is 2. The van der Waals surface area contributed by atoms with Gasteiger partial charge in [-0.3, -0.25) is 4.79 Å². The average Bonchev–Trinajstić information content (AvgIpc) is 2.76. The summed E-state index contributed by atoms with van der Waals surface area (Å²) in [4.78, 5) is 14.8. The Morgan fingerprint density at radius 2 is 1.74 bits per heavy atom. The van der Waals surface area contributed by atoms with E-state index in [9.17, 15) is 13.2 Å². The van der Waals surface area contributed by atoms with Gasteiger partial charge in [-0.2, -0.15) is 4.31 Å². The molecule has 1 fully saturated rings. The molecule has 0 radical (unpaired) electrons. The quantitative estimate of drug-likeness (QED) is 0.649. The van der Waals surface area contributed by atoms with Gasteiger partial charge >= 0.3 is 0 Å². The van der Waals surface area contributed by atoms with Gasteiger partial charge in [0.15, 0.2) is 0 Å². The van der Waals surface area contributed by atoms with Crippen LogP contribution in [0.15, 0.2) is 53.4 Å². The molecule has 2 aromatic rings. The van der Waals surface area contributed by atoms with Gasteiger partial charge in [0, 0.05) is 25.6 Å². The van der Waals surface area contributed by atoms with Crippen molar-refractivity contribution in [3.8, 4) is 0 Å². The summed E-state index contributed by atoms with van der Waals surface area (Å²) in [5, 5.41) is 3.27. The monoisotopic (exact) mass is 483 g/mol. The number of carbonyl (C=O) groups excluding carboxylic acids is 1. The fourth-order valence-electron chi connectivity index (χ4n) is 3.80. The lowest BCUT2D eigenvalue weighted by molar-refractivity contribution is -0.126. The van der Waals surface area contributed by atoms with Gasteiger partial charge in [0.25, 0.3) is 0 Å². The zero-order chi connectivity index (χ0) is 22.6. The van der Waals surface area contributed by atoms with Gasteiger partial charge in [-0.1, -0.05) is 59.6 Å². The van der Waals surface area contributed by atoms with E-state index >= 15 is 0 Å². The van der Waals surface area contributed by atoms with Crippen molar-refractivity contribution in [2.45, 2.75) is 23.8 Å². The van der Waals surface area contributed by atoms with Crippen molar-refractivity contribution < 1.29 is 13.2 Å². The van der Waals surface area contributed by atoms with Gasteiger partial charge in [0.1, 0.15) is 4.90 Å². The Kier molecular flexibility index (Phi) is 7.99. The second kappa shape index (κ2) is 10.3. The van der Waals surface area contributed by atoms with Gasteiger partial charge in [-0.15, -0.1) is 0 Å². The van der Waals surface area contributed by atoms with E-state index in [1.54, 1.807) is 12.1 Å². The molecule has 1 saturated heterocycles. The Morgan fingerprint density at radius 3 is 2.35 bits per heavy atom. The summed E-state index contributed by atoms with van der Waals surface area (Å²) in [5.41, 5.74) is 1.13. The van der Waals surface area contributed by atoms with E-state index < -0.39 is 10.0 Å². The van der Waals surface area contributed by atoms with Crippen molar-refractivity contribution in [1.82, 2.24) is 14.5 Å². The Balaban J connectivity index is 1.59. The van der Waals surface area contributed by atoms with Gasteiger partial charge in [-0.25, -0.2) is 8.42 Å². The molecule has 1 aliphatic rings. The van der Waals surface area contributed by atoms with Crippen LogP contribution in [0.5, 0.6) is 0 Å². The molecule has 31 heavy (non-hydrogen) atoms. The van der Waals surface area contributed by atoms with E-state index in [4.69, 9.17) is 23.2 Å². The smallest absolute Gasteiger partial charge is 0.244 e. The molecule has 0 unspecified atom stereocenters. The maximum Gasteiger partial charge on any atom is 0.244 e. The third-order valence-corrected chi connectivity index (χ3v) is 8.51. The van der Waals surface area contributed by atoms with Crippen molar-refractivity contribution in [3.63, 3.8) is 0 Å². The standard InChI is InChI=1S/C22H27Cl2N3O3S/c1-26(2)19(16-7-4-3-5-8-16)15-25-22(28)17-11-13-27(14-12-17)31(29,30)20-10-6-9-18(23)21(20)24/h3-10,17,19H,11-15H2,1-2H3,(H,25,28)/t19-/m1/s1. The van der Waals surface area contributed by atoms with Crippen LogP contribution in [-0.2, 0) is 14.8 Å². The molecule has 6 nitrogen and oxygen atoms in total. The van der Waals surface area contributed by atoms with Crippen LogP contribution < -0.4 is 5.32 Å². The number of likely N-dealkylation sites (N-methyl/N-ethyl adjacent to an activating group) is 1. The second-order valence-electron chi connectivity index (χ2n) is 7.87. The summed E-state index contributed by atoms with van der Waals surface area (Å²) >= 11 is 12.1. The highest BCUT2D eigenvalue weighted by Gasteiger charge is 2.33. The maximum atomic E-state index is 13.0. The number of halogens is 2. The zero-order valence-electron chi connectivity index (χ0n) is 17.6. The number of sulfonamides is 1. The molecule has 0 saturated carbocycles. The van der Waals surface area contributed by atoms with Crippen LogP contribution in [0.3, 0.4) is 0 Å². The molecule has 168 valence electrons. The third-order valence-electron chi connectivity index (χ3n) is 5.64. The first-order chi connectivity index (χ1) is 14.7. The largest absolute Gasteiger partial charge is 0.354 e. The van der Waals surface area contributed by atoms with E-state index in [0.29, 0.717) is 19.4 Å². The molecule has 1 atom stereocenters. The molecular formula is C22H27Cl2N3O3S. The lowest BCUT2D eigenvalue weighted by Gasteiger charge is -2.31. The molecule has 0 spiro atoms. The predicted octanol–water partition coefficient (Wildman–Crippen LogP) is 3.81. The van der Waals surface area contributed by atoms with E-state index in [0.717, 1.165) is 5.56 Å². The average molecular weight is 484 g/mol. The first-order valence-corrected chi connectivity index (χ1v) is 12.3. The third kappa shape index (κ3) is 5.59. The summed E-state index contributed by atoms with van der Waals surface area (Å²) in [7, 11) is 0.202. The molecule has 1 N–H and O–H groups in total. The molecule has 2 aromatic carbocycles. The van der Waals surface area contributed by atoms with Crippen molar-refractivity contribution in [2.24, 2.45) is 5.92 Å². The maximum absolute atomic E-state index is 13.0. The summed E-state index contributed by atoms with van der Waals surface area (Å²) in [6.45, 7) is 1.02. The number of hydrogen-bond donors (Lipinski definition) is 1. The highest BCUT2D eigenvalue weighted by molar-refractivity contribution is 7.89. The van der Waals surface area contributed by atoms with Crippen LogP contribution >= 0.6 is 23.2 Å². The van der Waals surface area contributed by atoms with Crippen LogP contribution in [0, 0.1) is 5.92 Å². The summed E-state index contributed by atoms with van der Waals surface area (Å²) in [5.74, 6) is -0.263. The normalized spacial score (nSPS) is 16.9. The van der Waals surface area contributed by atoms with Crippen LogP contribution in [0.25, 0.3) is 0 Å². The number of benzene rings is 2. The molecule has 1 amide bonds. The molecule has 9 heteroatoms. The number of piperidine rings is 1. The predicted molar refractivity (Wildman–Crippen MR) is 124 cm³/mol. The Morgan fingerprint density at radius 1 is 1.10 bits per heavy atom. The Labute approximate surface area is 194 Å². The van der Waals surface area contributed by atoms with E-state index in [2.05, 4.69) is 10.2 Å². The molecule has 0 bridgehead atoms.